The van der Waals surface area contributed by atoms with Gasteiger partial charge in [0.15, 0.2) is 0 Å². The fraction of sp³-hybridized carbons (Fsp3) is 0.333. The van der Waals surface area contributed by atoms with E-state index in [9.17, 15) is 4.79 Å². The summed E-state index contributed by atoms with van der Waals surface area (Å²) >= 11 is 0. The van der Waals surface area contributed by atoms with E-state index in [-0.39, 0.29) is 6.04 Å². The molecule has 1 unspecified atom stereocenters. The number of primary amides is 1. The van der Waals surface area contributed by atoms with Crippen LogP contribution in [0.4, 0.5) is 0 Å². The predicted octanol–water partition coefficient (Wildman–Crippen LogP) is 2.24. The van der Waals surface area contributed by atoms with Crippen molar-refractivity contribution in [1.82, 2.24) is 10.3 Å². The van der Waals surface area contributed by atoms with Crippen LogP contribution in [0.1, 0.15) is 46.1 Å². The van der Waals surface area contributed by atoms with Crippen LogP contribution in [0, 0.1) is 13.8 Å². The highest BCUT2D eigenvalue weighted by Crippen LogP contribution is 2.15. The van der Waals surface area contributed by atoms with E-state index in [1.807, 2.05) is 26.8 Å². The zero-order chi connectivity index (χ0) is 14.7. The van der Waals surface area contributed by atoms with Crippen molar-refractivity contribution in [2.24, 2.45) is 5.73 Å². The molecule has 1 heterocycles. The quantitative estimate of drug-likeness (QED) is 0.875. The van der Waals surface area contributed by atoms with E-state index in [1.54, 1.807) is 18.3 Å². The lowest BCUT2D eigenvalue weighted by Gasteiger charge is -2.12. The third-order valence-corrected chi connectivity index (χ3v) is 3.24. The first-order valence-electron chi connectivity index (χ1n) is 6.52. The zero-order valence-corrected chi connectivity index (χ0v) is 11.9. The molecule has 1 aromatic carbocycles. The van der Waals surface area contributed by atoms with Crippen LogP contribution < -0.4 is 11.1 Å². The molecule has 2 rings (SSSR count). The van der Waals surface area contributed by atoms with E-state index in [1.165, 1.54) is 0 Å². The highest BCUT2D eigenvalue weighted by molar-refractivity contribution is 5.93. The number of benzene rings is 1. The van der Waals surface area contributed by atoms with Crippen LogP contribution in [0.25, 0.3) is 0 Å². The molecule has 0 aliphatic carbocycles. The minimum absolute atomic E-state index is 0.0268. The van der Waals surface area contributed by atoms with Crippen molar-refractivity contribution in [1.29, 1.82) is 0 Å². The second-order valence-electron chi connectivity index (χ2n) is 4.92. The molecule has 3 N–H and O–H groups in total. The van der Waals surface area contributed by atoms with Gasteiger partial charge in [-0.1, -0.05) is 6.07 Å². The van der Waals surface area contributed by atoms with E-state index in [0.717, 1.165) is 16.9 Å². The molecule has 20 heavy (non-hydrogen) atoms. The smallest absolute Gasteiger partial charge is 0.248 e. The molecule has 0 aliphatic rings. The Kier molecular flexibility index (Phi) is 4.20. The first kappa shape index (κ1) is 14.3. The van der Waals surface area contributed by atoms with Crippen LogP contribution >= 0.6 is 0 Å². The number of carbonyl (C=O) groups is 1. The first-order valence-corrected chi connectivity index (χ1v) is 6.52. The van der Waals surface area contributed by atoms with Crippen LogP contribution in [0.5, 0.6) is 0 Å². The monoisotopic (exact) mass is 273 g/mol. The minimum atomic E-state index is -0.406. The van der Waals surface area contributed by atoms with Crippen LogP contribution in [-0.2, 0) is 6.54 Å². The number of aromatic nitrogens is 1. The molecule has 0 saturated heterocycles. The van der Waals surface area contributed by atoms with E-state index >= 15 is 0 Å². The van der Waals surface area contributed by atoms with Crippen molar-refractivity contribution >= 4 is 5.91 Å². The predicted molar refractivity (Wildman–Crippen MR) is 76.2 cm³/mol. The summed E-state index contributed by atoms with van der Waals surface area (Å²) in [7, 11) is 0. The topological polar surface area (TPSA) is 81.1 Å². The lowest BCUT2D eigenvalue weighted by atomic mass is 10.0. The number of oxazole rings is 1. The molecule has 0 fully saturated rings. The number of nitrogens with zero attached hydrogens (tertiary/aromatic N) is 1. The number of hydrogen-bond acceptors (Lipinski definition) is 4. The number of aryl methyl sites for hydroxylation is 2. The summed E-state index contributed by atoms with van der Waals surface area (Å²) in [6.07, 6.45) is 1.71. The summed E-state index contributed by atoms with van der Waals surface area (Å²) in [6.45, 7) is 6.51. The third-order valence-electron chi connectivity index (χ3n) is 3.24. The van der Waals surface area contributed by atoms with Gasteiger partial charge in [-0.25, -0.2) is 4.98 Å². The molecule has 5 nitrogen and oxygen atoms in total. The van der Waals surface area contributed by atoms with Gasteiger partial charge in [0.2, 0.25) is 11.8 Å². The number of carbonyl (C=O) groups excluding carboxylic acids is 1. The van der Waals surface area contributed by atoms with E-state index < -0.39 is 5.91 Å². The molecule has 0 bridgehead atoms. The SMILES string of the molecule is Cc1cnc(C(C)NCc2ccc(C(N)=O)cc2C)o1. The molecular formula is C15H19N3O2. The van der Waals surface area contributed by atoms with Gasteiger partial charge < -0.3 is 15.5 Å². The fourth-order valence-corrected chi connectivity index (χ4v) is 1.97. The van der Waals surface area contributed by atoms with E-state index in [0.29, 0.717) is 18.0 Å². The molecule has 0 saturated carbocycles. The largest absolute Gasteiger partial charge is 0.444 e. The molecule has 5 heteroatoms. The number of amides is 1. The van der Waals surface area contributed by atoms with Crippen molar-refractivity contribution < 1.29 is 9.21 Å². The Morgan fingerprint density at radius 2 is 2.20 bits per heavy atom. The normalized spacial score (nSPS) is 12.3. The number of rotatable bonds is 5. The molecule has 1 aromatic heterocycles. The van der Waals surface area contributed by atoms with Crippen LogP contribution in [0.2, 0.25) is 0 Å². The van der Waals surface area contributed by atoms with Gasteiger partial charge in [-0.3, -0.25) is 4.79 Å². The van der Waals surface area contributed by atoms with Gasteiger partial charge >= 0.3 is 0 Å². The van der Waals surface area contributed by atoms with Crippen molar-refractivity contribution in [2.75, 3.05) is 0 Å². The molecule has 1 atom stereocenters. The van der Waals surface area contributed by atoms with Gasteiger partial charge in [-0.05, 0) is 44.0 Å². The second-order valence-corrected chi connectivity index (χ2v) is 4.92. The van der Waals surface area contributed by atoms with Gasteiger partial charge in [0.1, 0.15) is 5.76 Å². The number of hydrogen-bond donors (Lipinski definition) is 2. The van der Waals surface area contributed by atoms with Crippen molar-refractivity contribution in [2.45, 2.75) is 33.4 Å². The van der Waals surface area contributed by atoms with Crippen LogP contribution in [0.3, 0.4) is 0 Å². The Hall–Kier alpha value is -2.14. The van der Waals surface area contributed by atoms with Gasteiger partial charge in [0, 0.05) is 12.1 Å². The van der Waals surface area contributed by atoms with Gasteiger partial charge in [0.25, 0.3) is 0 Å². The second kappa shape index (κ2) is 5.88. The van der Waals surface area contributed by atoms with Gasteiger partial charge in [-0.15, -0.1) is 0 Å². The molecule has 106 valence electrons. The lowest BCUT2D eigenvalue weighted by molar-refractivity contribution is 0.1000. The zero-order valence-electron chi connectivity index (χ0n) is 11.9. The standard InChI is InChI=1S/C15H19N3O2/c1-9-6-12(14(16)19)4-5-13(9)8-17-11(3)15-18-7-10(2)20-15/h4-7,11,17H,8H2,1-3H3,(H2,16,19). The van der Waals surface area contributed by atoms with Gasteiger partial charge in [-0.2, -0.15) is 0 Å². The number of nitrogens with one attached hydrogen (secondary N) is 1. The maximum atomic E-state index is 11.1. The fourth-order valence-electron chi connectivity index (χ4n) is 1.97. The Bertz CT molecular complexity index is 619. The summed E-state index contributed by atoms with van der Waals surface area (Å²) in [4.78, 5) is 15.3. The highest BCUT2D eigenvalue weighted by Gasteiger charge is 2.11. The third kappa shape index (κ3) is 3.24. The highest BCUT2D eigenvalue weighted by atomic mass is 16.4. The Labute approximate surface area is 118 Å². The summed E-state index contributed by atoms with van der Waals surface area (Å²) < 4.78 is 5.48. The maximum absolute atomic E-state index is 11.1. The summed E-state index contributed by atoms with van der Waals surface area (Å²) in [5.74, 6) is 1.07. The van der Waals surface area contributed by atoms with Crippen molar-refractivity contribution in [3.63, 3.8) is 0 Å². The van der Waals surface area contributed by atoms with Crippen LogP contribution in [-0.4, -0.2) is 10.9 Å². The average molecular weight is 273 g/mol. The number of nitrogens with two attached hydrogens (primary N) is 1. The Balaban J connectivity index is 2.02. The van der Waals surface area contributed by atoms with Crippen molar-refractivity contribution in [3.8, 4) is 0 Å². The van der Waals surface area contributed by atoms with Gasteiger partial charge in [0.05, 0.1) is 12.2 Å². The van der Waals surface area contributed by atoms with Crippen molar-refractivity contribution in [3.05, 3.63) is 52.7 Å². The Morgan fingerprint density at radius 1 is 1.45 bits per heavy atom. The van der Waals surface area contributed by atoms with E-state index in [2.05, 4.69) is 10.3 Å². The first-order chi connectivity index (χ1) is 9.47. The molecule has 0 spiro atoms. The minimum Gasteiger partial charge on any atom is -0.444 e. The molecule has 1 amide bonds. The van der Waals surface area contributed by atoms with Crippen LogP contribution in [0.15, 0.2) is 28.8 Å². The average Bonchev–Trinajstić information content (AvgIpc) is 2.83. The lowest BCUT2D eigenvalue weighted by Crippen LogP contribution is -2.19. The molecular weight excluding hydrogens is 254 g/mol. The molecule has 2 aromatic rings. The molecule has 0 aliphatic heterocycles. The summed E-state index contributed by atoms with van der Waals surface area (Å²) in [5.41, 5.74) is 7.94. The van der Waals surface area contributed by atoms with E-state index in [4.69, 9.17) is 10.2 Å². The molecule has 0 radical (unpaired) electrons. The summed E-state index contributed by atoms with van der Waals surface area (Å²) in [6, 6.07) is 5.49. The Morgan fingerprint density at radius 3 is 2.75 bits per heavy atom. The summed E-state index contributed by atoms with van der Waals surface area (Å²) in [5, 5.41) is 3.35. The maximum Gasteiger partial charge on any atom is 0.248 e.